The Morgan fingerprint density at radius 1 is 1.27 bits per heavy atom. The molecule has 0 bridgehead atoms. The Morgan fingerprint density at radius 3 is 2.59 bits per heavy atom. The molecule has 0 saturated heterocycles. The fourth-order valence-corrected chi connectivity index (χ4v) is 3.03. The lowest BCUT2D eigenvalue weighted by Gasteiger charge is -2.07. The van der Waals surface area contributed by atoms with Crippen LogP contribution in [-0.2, 0) is 4.79 Å². The number of hydrogen-bond acceptors (Lipinski definition) is 4. The quantitative estimate of drug-likeness (QED) is 0.627. The van der Waals surface area contributed by atoms with Crippen LogP contribution < -0.4 is 5.32 Å². The molecule has 7 heteroatoms. The summed E-state index contributed by atoms with van der Waals surface area (Å²) in [4.78, 5) is 24.0. The number of nitrogens with zero attached hydrogens (tertiary/aromatic N) is 1. The standard InChI is InChI=1S/C15H9BrN2O3S/c16-13-6-5-10(22-13)7-9(8-17)14(19)18-12-4-2-1-3-11(12)15(20)21/h1-7H,(H,18,19)(H,20,21)/b9-7+. The molecule has 5 nitrogen and oxygen atoms in total. The van der Waals surface area contributed by atoms with Gasteiger partial charge in [0.15, 0.2) is 0 Å². The molecule has 0 aliphatic heterocycles. The molecule has 2 aromatic rings. The molecule has 2 N–H and O–H groups in total. The monoisotopic (exact) mass is 376 g/mol. The highest BCUT2D eigenvalue weighted by atomic mass is 79.9. The van der Waals surface area contributed by atoms with Crippen molar-refractivity contribution in [1.29, 1.82) is 5.26 Å². The fourth-order valence-electron chi connectivity index (χ4n) is 1.66. The number of rotatable bonds is 4. The number of aromatic carboxylic acids is 1. The smallest absolute Gasteiger partial charge is 0.337 e. The number of nitriles is 1. The number of thiophene rings is 1. The summed E-state index contributed by atoms with van der Waals surface area (Å²) in [6.45, 7) is 0. The number of carboxylic acid groups (broad SMARTS) is 1. The second-order valence-corrected chi connectivity index (χ2v) is 6.61. The van der Waals surface area contributed by atoms with Crippen LogP contribution in [0.25, 0.3) is 6.08 Å². The third kappa shape index (κ3) is 3.81. The first-order valence-electron chi connectivity index (χ1n) is 6.02. The molecule has 0 saturated carbocycles. The van der Waals surface area contributed by atoms with Crippen LogP contribution >= 0.6 is 27.3 Å². The van der Waals surface area contributed by atoms with Crippen molar-refractivity contribution in [2.75, 3.05) is 5.32 Å². The van der Waals surface area contributed by atoms with Crippen LogP contribution in [0, 0.1) is 11.3 Å². The number of hydrogen-bond donors (Lipinski definition) is 2. The van der Waals surface area contributed by atoms with Crippen molar-refractivity contribution in [3.63, 3.8) is 0 Å². The maximum atomic E-state index is 12.1. The SMILES string of the molecule is N#C/C(=C\c1ccc(Br)s1)C(=O)Nc1ccccc1C(=O)O. The summed E-state index contributed by atoms with van der Waals surface area (Å²) in [7, 11) is 0. The summed E-state index contributed by atoms with van der Waals surface area (Å²) in [6.07, 6.45) is 1.45. The summed E-state index contributed by atoms with van der Waals surface area (Å²) in [6, 6.07) is 11.4. The second kappa shape index (κ2) is 7.02. The molecule has 0 radical (unpaired) electrons. The topological polar surface area (TPSA) is 90.2 Å². The van der Waals surface area contributed by atoms with E-state index in [1.165, 1.54) is 29.5 Å². The van der Waals surface area contributed by atoms with Gasteiger partial charge in [-0.15, -0.1) is 11.3 Å². The molecule has 0 aliphatic rings. The molecular weight excluding hydrogens is 368 g/mol. The predicted octanol–water partition coefficient (Wildman–Crippen LogP) is 3.75. The number of anilines is 1. The average Bonchev–Trinajstić information content (AvgIpc) is 2.90. The largest absolute Gasteiger partial charge is 0.478 e. The number of carboxylic acids is 1. The van der Waals surface area contributed by atoms with Crippen LogP contribution in [0.1, 0.15) is 15.2 Å². The van der Waals surface area contributed by atoms with Crippen LogP contribution in [0.5, 0.6) is 0 Å². The van der Waals surface area contributed by atoms with Gasteiger partial charge in [-0.2, -0.15) is 5.26 Å². The van der Waals surface area contributed by atoms with E-state index in [1.54, 1.807) is 18.2 Å². The minimum atomic E-state index is -1.15. The van der Waals surface area contributed by atoms with Gasteiger partial charge >= 0.3 is 5.97 Å². The van der Waals surface area contributed by atoms with E-state index in [1.807, 2.05) is 12.1 Å². The molecule has 1 amide bonds. The van der Waals surface area contributed by atoms with E-state index in [0.29, 0.717) is 0 Å². The van der Waals surface area contributed by atoms with Crippen molar-refractivity contribution < 1.29 is 14.7 Å². The summed E-state index contributed by atoms with van der Waals surface area (Å²) < 4.78 is 0.882. The van der Waals surface area contributed by atoms with Gasteiger partial charge in [0.1, 0.15) is 11.6 Å². The Labute approximate surface area is 138 Å². The van der Waals surface area contributed by atoms with Crippen LogP contribution in [-0.4, -0.2) is 17.0 Å². The van der Waals surface area contributed by atoms with Crippen molar-refractivity contribution in [3.8, 4) is 6.07 Å². The molecule has 0 fully saturated rings. The van der Waals surface area contributed by atoms with Crippen LogP contribution in [0.3, 0.4) is 0 Å². The highest BCUT2D eigenvalue weighted by molar-refractivity contribution is 9.11. The summed E-state index contributed by atoms with van der Waals surface area (Å²) in [5.41, 5.74) is 0.00931. The molecule has 1 aromatic heterocycles. The molecule has 1 aromatic carbocycles. The molecule has 1 heterocycles. The van der Waals surface area contributed by atoms with Gasteiger partial charge in [0.2, 0.25) is 0 Å². The number of halogens is 1. The summed E-state index contributed by atoms with van der Waals surface area (Å²) in [5, 5.41) is 20.6. The number of nitrogens with one attached hydrogen (secondary N) is 1. The van der Waals surface area contributed by atoms with Gasteiger partial charge in [-0.05, 0) is 46.3 Å². The van der Waals surface area contributed by atoms with Gasteiger partial charge in [-0.25, -0.2) is 4.79 Å². The van der Waals surface area contributed by atoms with Crippen molar-refractivity contribution >= 4 is 50.9 Å². The van der Waals surface area contributed by atoms with Gasteiger partial charge in [-0.3, -0.25) is 4.79 Å². The van der Waals surface area contributed by atoms with Gasteiger partial charge in [0.25, 0.3) is 5.91 Å². The van der Waals surface area contributed by atoms with Gasteiger partial charge in [-0.1, -0.05) is 12.1 Å². The van der Waals surface area contributed by atoms with E-state index in [2.05, 4.69) is 21.2 Å². The lowest BCUT2D eigenvalue weighted by atomic mass is 10.1. The van der Waals surface area contributed by atoms with Crippen molar-refractivity contribution in [1.82, 2.24) is 0 Å². The molecular formula is C15H9BrN2O3S. The van der Waals surface area contributed by atoms with E-state index in [0.717, 1.165) is 8.66 Å². The van der Waals surface area contributed by atoms with Crippen molar-refractivity contribution in [2.24, 2.45) is 0 Å². The Hall–Kier alpha value is -2.43. The number of carbonyl (C=O) groups excluding carboxylic acids is 1. The van der Waals surface area contributed by atoms with E-state index < -0.39 is 11.9 Å². The Kier molecular flexibility index (Phi) is 5.09. The van der Waals surface area contributed by atoms with Crippen LogP contribution in [0.15, 0.2) is 45.8 Å². The Bertz CT molecular complexity index is 805. The number of carbonyl (C=O) groups is 2. The van der Waals surface area contributed by atoms with Gasteiger partial charge < -0.3 is 10.4 Å². The lowest BCUT2D eigenvalue weighted by Crippen LogP contribution is -2.15. The van der Waals surface area contributed by atoms with E-state index in [9.17, 15) is 9.59 Å². The predicted molar refractivity (Wildman–Crippen MR) is 87.6 cm³/mol. The summed E-state index contributed by atoms with van der Waals surface area (Å²) in [5.74, 6) is -1.80. The van der Waals surface area contributed by atoms with Crippen molar-refractivity contribution in [2.45, 2.75) is 0 Å². The molecule has 22 heavy (non-hydrogen) atoms. The number of benzene rings is 1. The Morgan fingerprint density at radius 2 is 2.00 bits per heavy atom. The average molecular weight is 377 g/mol. The molecule has 0 unspecified atom stereocenters. The molecule has 110 valence electrons. The zero-order valence-electron chi connectivity index (χ0n) is 11.0. The molecule has 0 atom stereocenters. The second-order valence-electron chi connectivity index (χ2n) is 4.12. The highest BCUT2D eigenvalue weighted by Gasteiger charge is 2.15. The molecule has 0 aliphatic carbocycles. The first-order valence-corrected chi connectivity index (χ1v) is 7.63. The zero-order chi connectivity index (χ0) is 16.1. The third-order valence-electron chi connectivity index (χ3n) is 2.65. The van der Waals surface area contributed by atoms with E-state index in [-0.39, 0.29) is 16.8 Å². The van der Waals surface area contributed by atoms with E-state index >= 15 is 0 Å². The number of para-hydroxylation sites is 1. The highest BCUT2D eigenvalue weighted by Crippen LogP contribution is 2.24. The van der Waals surface area contributed by atoms with Gasteiger partial charge in [0.05, 0.1) is 15.0 Å². The normalized spacial score (nSPS) is 10.8. The van der Waals surface area contributed by atoms with E-state index in [4.69, 9.17) is 10.4 Å². The number of amides is 1. The minimum absolute atomic E-state index is 0.0352. The first-order chi connectivity index (χ1) is 10.5. The molecule has 0 spiro atoms. The minimum Gasteiger partial charge on any atom is -0.478 e. The summed E-state index contributed by atoms with van der Waals surface area (Å²) >= 11 is 4.68. The van der Waals surface area contributed by atoms with Crippen LogP contribution in [0.4, 0.5) is 5.69 Å². The molecule has 2 rings (SSSR count). The fraction of sp³-hybridized carbons (Fsp3) is 0. The van der Waals surface area contributed by atoms with Gasteiger partial charge in [0, 0.05) is 4.88 Å². The lowest BCUT2D eigenvalue weighted by molar-refractivity contribution is -0.112. The maximum absolute atomic E-state index is 12.1. The Balaban J connectivity index is 2.26. The zero-order valence-corrected chi connectivity index (χ0v) is 13.4. The third-order valence-corrected chi connectivity index (χ3v) is 4.22. The maximum Gasteiger partial charge on any atom is 0.337 e. The first kappa shape index (κ1) is 15.9. The van der Waals surface area contributed by atoms with Crippen molar-refractivity contribution in [3.05, 3.63) is 56.2 Å². The van der Waals surface area contributed by atoms with Crippen LogP contribution in [0.2, 0.25) is 0 Å².